The predicted molar refractivity (Wildman–Crippen MR) is 162 cm³/mol. The van der Waals surface area contributed by atoms with E-state index in [1.54, 1.807) is 29.2 Å². The number of rotatable bonds is 7. The van der Waals surface area contributed by atoms with Crippen molar-refractivity contribution in [2.45, 2.75) is 18.9 Å². The maximum Gasteiger partial charge on any atom is 0.409 e. The van der Waals surface area contributed by atoms with Crippen molar-refractivity contribution in [2.24, 2.45) is 0 Å². The van der Waals surface area contributed by atoms with Gasteiger partial charge in [0, 0.05) is 35.4 Å². The Morgan fingerprint density at radius 2 is 1.53 bits per heavy atom. The molecule has 1 aromatic heterocycles. The zero-order valence-corrected chi connectivity index (χ0v) is 24.2. The molecule has 5 aromatic rings. The van der Waals surface area contributed by atoms with E-state index in [1.165, 1.54) is 26.4 Å². The minimum atomic E-state index is -0.491. The summed E-state index contributed by atoms with van der Waals surface area (Å²) in [5.74, 6) is -0.0747. The van der Waals surface area contributed by atoms with Gasteiger partial charge in [-0.25, -0.2) is 14.0 Å². The minimum Gasteiger partial charge on any atom is -0.488 e. The second kappa shape index (κ2) is 11.3. The van der Waals surface area contributed by atoms with Crippen molar-refractivity contribution in [3.63, 3.8) is 0 Å². The van der Waals surface area contributed by atoms with Gasteiger partial charge < -0.3 is 23.7 Å². The monoisotopic (exact) mass is 578 g/mol. The molecule has 43 heavy (non-hydrogen) atoms. The van der Waals surface area contributed by atoms with E-state index >= 15 is 0 Å². The van der Waals surface area contributed by atoms with E-state index in [4.69, 9.17) is 14.2 Å². The van der Waals surface area contributed by atoms with Crippen LogP contribution in [0, 0.1) is 5.82 Å². The number of methoxy groups -OCH3 is 2. The first-order valence-electron chi connectivity index (χ1n) is 13.9. The lowest BCUT2D eigenvalue weighted by Crippen LogP contribution is -2.60. The third kappa shape index (κ3) is 5.09. The summed E-state index contributed by atoms with van der Waals surface area (Å²) in [6.45, 7) is 3.32. The van der Waals surface area contributed by atoms with Gasteiger partial charge in [-0.2, -0.15) is 0 Å². The van der Waals surface area contributed by atoms with Crippen LogP contribution in [-0.2, 0) is 21.5 Å². The van der Waals surface area contributed by atoms with Gasteiger partial charge in [0.05, 0.1) is 30.7 Å². The van der Waals surface area contributed by atoms with Gasteiger partial charge in [-0.05, 0) is 59.7 Å². The zero-order chi connectivity index (χ0) is 30.1. The summed E-state index contributed by atoms with van der Waals surface area (Å²) in [6, 6.07) is 29.5. The van der Waals surface area contributed by atoms with E-state index in [-0.39, 0.29) is 5.82 Å². The molecule has 0 saturated carbocycles. The molecule has 1 amide bonds. The molecule has 7 nitrogen and oxygen atoms in total. The molecule has 4 aromatic carbocycles. The third-order valence-corrected chi connectivity index (χ3v) is 7.96. The van der Waals surface area contributed by atoms with Crippen LogP contribution in [0.5, 0.6) is 5.75 Å². The number of halogens is 1. The lowest BCUT2D eigenvalue weighted by atomic mass is 9.76. The topological polar surface area (TPSA) is 70.0 Å². The summed E-state index contributed by atoms with van der Waals surface area (Å²) in [6.07, 6.45) is -0.391. The standard InChI is InChI=1S/C35H31FN2O5/c1-35(21-37(22-35)34(40)42-3)32-30(24-12-14-25(15-13-24)33(39)41-2)31-28(38(32)27-18-16-26(36)17-19-27)10-7-11-29(31)43-20-23-8-5-4-6-9-23/h4-19H,20-22H2,1-3H3. The fourth-order valence-electron chi connectivity index (χ4n) is 5.97. The van der Waals surface area contributed by atoms with E-state index in [1.807, 2.05) is 60.7 Å². The number of likely N-dealkylation sites (tertiary alicyclic amines) is 1. The van der Waals surface area contributed by atoms with Crippen LogP contribution in [0.15, 0.2) is 97.1 Å². The molecule has 8 heteroatoms. The molecule has 1 fully saturated rings. The van der Waals surface area contributed by atoms with E-state index in [0.29, 0.717) is 31.0 Å². The van der Waals surface area contributed by atoms with Crippen LogP contribution in [0.4, 0.5) is 9.18 Å². The number of hydrogen-bond donors (Lipinski definition) is 0. The Morgan fingerprint density at radius 1 is 0.837 bits per heavy atom. The van der Waals surface area contributed by atoms with Gasteiger partial charge in [-0.3, -0.25) is 0 Å². The molecule has 1 saturated heterocycles. The SMILES string of the molecule is COC(=O)c1ccc(-c2c(C3(C)CN(C(=O)OC)C3)n(-c3ccc(F)cc3)c3cccc(OCc4ccccc4)c23)cc1. The highest BCUT2D eigenvalue weighted by Crippen LogP contribution is 2.49. The molecule has 2 heterocycles. The molecule has 1 aliphatic rings. The molecule has 0 radical (unpaired) electrons. The number of benzene rings is 4. The van der Waals surface area contributed by atoms with Crippen molar-refractivity contribution >= 4 is 23.0 Å². The number of carbonyl (C=O) groups is 2. The lowest BCUT2D eigenvalue weighted by molar-refractivity contribution is 0.0538. The first-order chi connectivity index (χ1) is 20.8. The fourth-order valence-corrected chi connectivity index (χ4v) is 5.97. The minimum absolute atomic E-state index is 0.334. The Labute approximate surface area is 249 Å². The van der Waals surface area contributed by atoms with Crippen LogP contribution in [0.1, 0.15) is 28.5 Å². The Bertz CT molecular complexity index is 1790. The Balaban J connectivity index is 1.61. The molecule has 0 bridgehead atoms. The molecule has 218 valence electrons. The van der Waals surface area contributed by atoms with E-state index in [9.17, 15) is 14.0 Å². The predicted octanol–water partition coefficient (Wildman–Crippen LogP) is 7.14. The highest BCUT2D eigenvalue weighted by atomic mass is 19.1. The van der Waals surface area contributed by atoms with Crippen LogP contribution in [0.25, 0.3) is 27.7 Å². The molecule has 1 aliphatic heterocycles. The molecular weight excluding hydrogens is 547 g/mol. The van der Waals surface area contributed by atoms with Gasteiger partial charge in [0.1, 0.15) is 18.2 Å². The Kier molecular flexibility index (Phi) is 7.36. The lowest BCUT2D eigenvalue weighted by Gasteiger charge is -2.48. The third-order valence-electron chi connectivity index (χ3n) is 7.96. The summed E-state index contributed by atoms with van der Waals surface area (Å²) in [5.41, 5.74) is 5.33. The second-order valence-electron chi connectivity index (χ2n) is 10.9. The first kappa shape index (κ1) is 28.0. The van der Waals surface area contributed by atoms with Crippen LogP contribution >= 0.6 is 0 Å². The number of ether oxygens (including phenoxy) is 3. The highest BCUT2D eigenvalue weighted by Gasteiger charge is 2.47. The van der Waals surface area contributed by atoms with Gasteiger partial charge in [0.25, 0.3) is 0 Å². The van der Waals surface area contributed by atoms with Crippen LogP contribution < -0.4 is 4.74 Å². The number of esters is 1. The van der Waals surface area contributed by atoms with Crippen molar-refractivity contribution in [2.75, 3.05) is 27.3 Å². The van der Waals surface area contributed by atoms with Gasteiger partial charge in [-0.15, -0.1) is 0 Å². The van der Waals surface area contributed by atoms with Crippen molar-refractivity contribution < 1.29 is 28.2 Å². The van der Waals surface area contributed by atoms with Gasteiger partial charge >= 0.3 is 12.1 Å². The van der Waals surface area contributed by atoms with Crippen LogP contribution in [0.3, 0.4) is 0 Å². The van der Waals surface area contributed by atoms with Crippen molar-refractivity contribution in [3.05, 3.63) is 120 Å². The molecular formula is C35H31FN2O5. The summed E-state index contributed by atoms with van der Waals surface area (Å²) >= 11 is 0. The summed E-state index contributed by atoms with van der Waals surface area (Å²) in [7, 11) is 2.73. The van der Waals surface area contributed by atoms with Crippen LogP contribution in [-0.4, -0.2) is 48.8 Å². The summed E-state index contributed by atoms with van der Waals surface area (Å²) in [5, 5.41) is 0.876. The van der Waals surface area contributed by atoms with Crippen molar-refractivity contribution in [1.82, 2.24) is 9.47 Å². The Morgan fingerprint density at radius 3 is 2.19 bits per heavy atom. The Hall–Kier alpha value is -5.11. The number of nitrogens with zero attached hydrogens (tertiary/aromatic N) is 2. The number of amides is 1. The molecule has 0 unspecified atom stereocenters. The van der Waals surface area contributed by atoms with Gasteiger partial charge in [-0.1, -0.05) is 55.5 Å². The molecule has 0 aliphatic carbocycles. The average Bonchev–Trinajstić information content (AvgIpc) is 3.38. The quantitative estimate of drug-likeness (QED) is 0.192. The summed E-state index contributed by atoms with van der Waals surface area (Å²) in [4.78, 5) is 26.3. The largest absolute Gasteiger partial charge is 0.488 e. The van der Waals surface area contributed by atoms with Crippen LogP contribution in [0.2, 0.25) is 0 Å². The van der Waals surface area contributed by atoms with E-state index < -0.39 is 17.5 Å². The fraction of sp³-hybridized carbons (Fsp3) is 0.200. The summed E-state index contributed by atoms with van der Waals surface area (Å²) < 4.78 is 32.6. The highest BCUT2D eigenvalue weighted by molar-refractivity contribution is 6.04. The first-order valence-corrected chi connectivity index (χ1v) is 13.9. The maximum atomic E-state index is 14.1. The smallest absolute Gasteiger partial charge is 0.409 e. The number of carbonyl (C=O) groups excluding carboxylic acids is 2. The number of hydrogen-bond acceptors (Lipinski definition) is 5. The van der Waals surface area contributed by atoms with E-state index in [2.05, 4.69) is 11.5 Å². The molecule has 0 atom stereocenters. The van der Waals surface area contributed by atoms with Gasteiger partial charge in [0.15, 0.2) is 0 Å². The van der Waals surface area contributed by atoms with Crippen molar-refractivity contribution in [3.8, 4) is 22.6 Å². The number of aromatic nitrogens is 1. The van der Waals surface area contributed by atoms with Crippen molar-refractivity contribution in [1.29, 1.82) is 0 Å². The average molecular weight is 579 g/mol. The second-order valence-corrected chi connectivity index (χ2v) is 10.9. The van der Waals surface area contributed by atoms with Gasteiger partial charge in [0.2, 0.25) is 0 Å². The zero-order valence-electron chi connectivity index (χ0n) is 24.2. The molecule has 0 spiro atoms. The van der Waals surface area contributed by atoms with E-state index in [0.717, 1.165) is 39.0 Å². The normalized spacial score (nSPS) is 13.8. The molecule has 6 rings (SSSR count). The molecule has 0 N–H and O–H groups in total. The number of fused-ring (bicyclic) bond motifs is 1. The maximum absolute atomic E-state index is 14.1.